The molecule has 4 heteroatoms. The first-order valence-electron chi connectivity index (χ1n) is 8.95. The molecule has 5 rings (SSSR count). The van der Waals surface area contributed by atoms with E-state index in [0.717, 1.165) is 12.8 Å². The van der Waals surface area contributed by atoms with E-state index < -0.39 is 6.29 Å². The minimum absolute atomic E-state index is 0.160. The maximum atomic E-state index is 10.6. The third-order valence-corrected chi connectivity index (χ3v) is 6.59. The maximum absolute atomic E-state index is 10.6. The Morgan fingerprint density at radius 1 is 1.33 bits per heavy atom. The second-order valence-corrected chi connectivity index (χ2v) is 7.50. The molecule has 2 fully saturated rings. The lowest BCUT2D eigenvalue weighted by atomic mass is 9.67. The van der Waals surface area contributed by atoms with Crippen LogP contribution in [0.15, 0.2) is 35.9 Å². The lowest BCUT2D eigenvalue weighted by Gasteiger charge is -2.54. The number of allylic oxidation sites excluding steroid dienone is 1. The average molecular weight is 324 g/mol. The number of para-hydroxylation sites is 1. The van der Waals surface area contributed by atoms with Crippen molar-refractivity contribution in [1.82, 2.24) is 9.88 Å². The van der Waals surface area contributed by atoms with Gasteiger partial charge in [-0.25, -0.2) is 0 Å². The number of aromatic nitrogens is 1. The van der Waals surface area contributed by atoms with E-state index in [1.807, 2.05) is 0 Å². The quantitative estimate of drug-likeness (QED) is 0.733. The topological polar surface area (TPSA) is 48.5 Å². The number of nitrogens with one attached hydrogen (secondary N) is 1. The van der Waals surface area contributed by atoms with E-state index in [2.05, 4.69) is 54.2 Å². The molecule has 2 bridgehead atoms. The molecule has 0 aliphatic carbocycles. The molecule has 0 spiro atoms. The Hall–Kier alpha value is -1.62. The van der Waals surface area contributed by atoms with E-state index in [1.54, 1.807) is 0 Å². The van der Waals surface area contributed by atoms with Crippen LogP contribution in [0.4, 0.5) is 0 Å². The summed E-state index contributed by atoms with van der Waals surface area (Å²) in [6.07, 6.45) is 3.57. The van der Waals surface area contributed by atoms with E-state index in [4.69, 9.17) is 4.74 Å². The normalized spacial score (nSPS) is 37.5. The number of hydrogen-bond donors (Lipinski definition) is 2. The van der Waals surface area contributed by atoms with Crippen LogP contribution in [0.1, 0.15) is 30.6 Å². The van der Waals surface area contributed by atoms with Gasteiger partial charge in [0.15, 0.2) is 6.29 Å². The fraction of sp³-hybridized carbons (Fsp3) is 0.500. The number of piperidine rings is 1. The van der Waals surface area contributed by atoms with E-state index in [1.165, 1.54) is 27.7 Å². The molecule has 0 saturated carbocycles. The van der Waals surface area contributed by atoms with E-state index in [0.29, 0.717) is 24.6 Å². The predicted octanol–water partition coefficient (Wildman–Crippen LogP) is 3.00. The summed E-state index contributed by atoms with van der Waals surface area (Å²) in [6.45, 7) is 2.66. The first-order valence-corrected chi connectivity index (χ1v) is 8.95. The first-order chi connectivity index (χ1) is 11.7. The van der Waals surface area contributed by atoms with Crippen molar-refractivity contribution in [3.05, 3.63) is 47.2 Å². The van der Waals surface area contributed by atoms with Crippen LogP contribution < -0.4 is 0 Å². The standard InChI is InChI=1S/C20H24N2O2/c1-3-11-10-24-20(23)18-13(11)8-17-19-14(9-16(18)22(17)2)12-6-4-5-7-15(12)21-19/h3-7,13,16-18,20-21,23H,8-10H2,1-2H3/t13-,16-,17-,18+,20+/m0/s1. The molecule has 2 saturated heterocycles. The van der Waals surface area contributed by atoms with Crippen molar-refractivity contribution in [3.63, 3.8) is 0 Å². The third kappa shape index (κ3) is 1.85. The monoisotopic (exact) mass is 324 g/mol. The molecule has 0 unspecified atom stereocenters. The van der Waals surface area contributed by atoms with Crippen molar-refractivity contribution in [2.75, 3.05) is 13.7 Å². The summed E-state index contributed by atoms with van der Waals surface area (Å²) in [5, 5.41) is 11.9. The van der Waals surface area contributed by atoms with Crippen molar-refractivity contribution in [3.8, 4) is 0 Å². The molecule has 1 aromatic carbocycles. The SMILES string of the molecule is CC=C1CO[C@@H](O)[C@@H]2[C@H]1C[C@H]1c3[nH]c4ccccc4c3C[C@@H]2N1C. The molecule has 5 atom stereocenters. The van der Waals surface area contributed by atoms with Crippen LogP contribution >= 0.6 is 0 Å². The summed E-state index contributed by atoms with van der Waals surface area (Å²) in [5.41, 5.74) is 5.41. The lowest BCUT2D eigenvalue weighted by Crippen LogP contribution is -2.58. The van der Waals surface area contributed by atoms with Gasteiger partial charge in [-0.1, -0.05) is 24.3 Å². The highest BCUT2D eigenvalue weighted by Gasteiger charge is 2.51. The predicted molar refractivity (Wildman–Crippen MR) is 93.6 cm³/mol. The molecule has 24 heavy (non-hydrogen) atoms. The van der Waals surface area contributed by atoms with Gasteiger partial charge in [0.1, 0.15) is 0 Å². The summed E-state index contributed by atoms with van der Waals surface area (Å²) in [6, 6.07) is 9.31. The van der Waals surface area contributed by atoms with Gasteiger partial charge < -0.3 is 14.8 Å². The van der Waals surface area contributed by atoms with Crippen molar-refractivity contribution in [2.45, 2.75) is 38.1 Å². The molecular formula is C20H24N2O2. The summed E-state index contributed by atoms with van der Waals surface area (Å²) in [4.78, 5) is 6.15. The molecule has 3 aliphatic rings. The molecule has 1 aromatic heterocycles. The minimum Gasteiger partial charge on any atom is -0.368 e. The Balaban J connectivity index is 1.66. The van der Waals surface area contributed by atoms with Gasteiger partial charge in [0.05, 0.1) is 12.6 Å². The van der Waals surface area contributed by atoms with E-state index >= 15 is 0 Å². The molecule has 4 heterocycles. The van der Waals surface area contributed by atoms with E-state index in [-0.39, 0.29) is 5.92 Å². The van der Waals surface area contributed by atoms with Crippen molar-refractivity contribution in [2.24, 2.45) is 11.8 Å². The van der Waals surface area contributed by atoms with Gasteiger partial charge in [0.2, 0.25) is 0 Å². The van der Waals surface area contributed by atoms with Crippen LogP contribution in [0.5, 0.6) is 0 Å². The molecule has 2 aromatic rings. The van der Waals surface area contributed by atoms with Gasteiger partial charge in [-0.05, 0) is 49.9 Å². The molecule has 0 amide bonds. The summed E-state index contributed by atoms with van der Waals surface area (Å²) in [7, 11) is 2.21. The van der Waals surface area contributed by atoms with Gasteiger partial charge in [-0.15, -0.1) is 0 Å². The molecule has 3 aliphatic heterocycles. The second kappa shape index (κ2) is 5.19. The zero-order chi connectivity index (χ0) is 16.4. The number of fused-ring (bicyclic) bond motifs is 8. The summed E-state index contributed by atoms with van der Waals surface area (Å²) in [5.74, 6) is 0.581. The third-order valence-electron chi connectivity index (χ3n) is 6.59. The fourth-order valence-corrected chi connectivity index (χ4v) is 5.36. The lowest BCUT2D eigenvalue weighted by molar-refractivity contribution is -0.194. The Kier molecular flexibility index (Phi) is 3.18. The van der Waals surface area contributed by atoms with E-state index in [9.17, 15) is 5.11 Å². The van der Waals surface area contributed by atoms with Crippen LogP contribution in [-0.4, -0.2) is 41.0 Å². The summed E-state index contributed by atoms with van der Waals surface area (Å²) < 4.78 is 5.70. The molecule has 126 valence electrons. The fourth-order valence-electron chi connectivity index (χ4n) is 5.36. The number of ether oxygens (including phenoxy) is 1. The van der Waals surface area contributed by atoms with Gasteiger partial charge in [0.25, 0.3) is 0 Å². The number of H-pyrrole nitrogens is 1. The smallest absolute Gasteiger partial charge is 0.159 e. The number of rotatable bonds is 0. The second-order valence-electron chi connectivity index (χ2n) is 7.50. The zero-order valence-corrected chi connectivity index (χ0v) is 14.2. The van der Waals surface area contributed by atoms with Crippen molar-refractivity contribution < 1.29 is 9.84 Å². The van der Waals surface area contributed by atoms with Crippen molar-refractivity contribution in [1.29, 1.82) is 0 Å². The molecule has 2 N–H and O–H groups in total. The first kappa shape index (κ1) is 14.7. The number of likely N-dealkylation sites (N-methyl/N-ethyl adjacent to an activating group) is 1. The number of nitrogens with zero attached hydrogens (tertiary/aromatic N) is 1. The van der Waals surface area contributed by atoms with Crippen LogP contribution in [0.25, 0.3) is 10.9 Å². The number of benzene rings is 1. The molecule has 0 radical (unpaired) electrons. The summed E-state index contributed by atoms with van der Waals surface area (Å²) >= 11 is 0. The Morgan fingerprint density at radius 2 is 2.17 bits per heavy atom. The number of aliphatic hydroxyl groups is 1. The Morgan fingerprint density at radius 3 is 3.00 bits per heavy atom. The van der Waals surface area contributed by atoms with Gasteiger partial charge in [-0.2, -0.15) is 0 Å². The molecule has 4 nitrogen and oxygen atoms in total. The van der Waals surface area contributed by atoms with Crippen LogP contribution in [0.2, 0.25) is 0 Å². The number of hydrogen-bond acceptors (Lipinski definition) is 3. The Labute approximate surface area is 142 Å². The Bertz CT molecular complexity index is 824. The highest BCUT2D eigenvalue weighted by Crippen LogP contribution is 2.51. The maximum Gasteiger partial charge on any atom is 0.159 e. The number of aliphatic hydroxyl groups excluding tert-OH is 1. The van der Waals surface area contributed by atoms with Gasteiger partial charge in [0, 0.05) is 28.6 Å². The highest BCUT2D eigenvalue weighted by molar-refractivity contribution is 5.85. The average Bonchev–Trinajstić information content (AvgIpc) is 2.94. The van der Waals surface area contributed by atoms with Crippen LogP contribution in [0, 0.1) is 11.8 Å². The molecular weight excluding hydrogens is 300 g/mol. The van der Waals surface area contributed by atoms with Crippen LogP contribution in [-0.2, 0) is 11.2 Å². The van der Waals surface area contributed by atoms with Crippen LogP contribution in [0.3, 0.4) is 0 Å². The zero-order valence-electron chi connectivity index (χ0n) is 14.2. The largest absolute Gasteiger partial charge is 0.368 e. The van der Waals surface area contributed by atoms with Crippen molar-refractivity contribution >= 4 is 10.9 Å². The highest BCUT2D eigenvalue weighted by atomic mass is 16.6. The number of aromatic amines is 1. The minimum atomic E-state index is -0.654. The van der Waals surface area contributed by atoms with Gasteiger partial charge in [-0.3, -0.25) is 4.90 Å². The van der Waals surface area contributed by atoms with Gasteiger partial charge >= 0.3 is 0 Å².